The Bertz CT molecular complexity index is 703. The summed E-state index contributed by atoms with van der Waals surface area (Å²) < 4.78 is 18.5. The van der Waals surface area contributed by atoms with Crippen LogP contribution in [-0.4, -0.2) is 25.5 Å². The van der Waals surface area contributed by atoms with Crippen molar-refractivity contribution in [2.24, 2.45) is 5.16 Å². The Morgan fingerprint density at radius 1 is 1.26 bits per heavy atom. The number of nitrogens with zero attached hydrogens (tertiary/aromatic N) is 1. The molecule has 120 valence electrons. The maximum Gasteiger partial charge on any atom is 0.145 e. The first-order valence-corrected chi connectivity index (χ1v) is 7.57. The molecule has 0 amide bonds. The zero-order valence-corrected chi connectivity index (χ0v) is 13.0. The van der Waals surface area contributed by atoms with Gasteiger partial charge in [-0.05, 0) is 29.8 Å². The van der Waals surface area contributed by atoms with Crippen molar-refractivity contribution in [3.63, 3.8) is 0 Å². The van der Waals surface area contributed by atoms with Gasteiger partial charge in [-0.3, -0.25) is 0 Å². The molecule has 1 N–H and O–H groups in total. The van der Waals surface area contributed by atoms with E-state index in [9.17, 15) is 4.39 Å². The third kappa shape index (κ3) is 3.87. The van der Waals surface area contributed by atoms with Gasteiger partial charge in [-0.2, -0.15) is 0 Å². The highest BCUT2D eigenvalue weighted by Crippen LogP contribution is 2.24. The maximum absolute atomic E-state index is 13.1. The summed E-state index contributed by atoms with van der Waals surface area (Å²) in [4.78, 5) is 5.48. The molecule has 1 atom stereocenters. The van der Waals surface area contributed by atoms with Gasteiger partial charge in [0.05, 0.1) is 12.8 Å². The fraction of sp³-hybridized carbons (Fsp3) is 0.278. The van der Waals surface area contributed by atoms with Crippen LogP contribution in [0.2, 0.25) is 0 Å². The van der Waals surface area contributed by atoms with Crippen molar-refractivity contribution in [3.8, 4) is 5.75 Å². The molecule has 2 aromatic rings. The lowest BCUT2D eigenvalue weighted by Crippen LogP contribution is -2.26. The van der Waals surface area contributed by atoms with Crippen molar-refractivity contribution in [1.29, 1.82) is 0 Å². The predicted molar refractivity (Wildman–Crippen MR) is 87.1 cm³/mol. The fourth-order valence-corrected chi connectivity index (χ4v) is 2.60. The Morgan fingerprint density at radius 3 is 2.96 bits per heavy atom. The quantitative estimate of drug-likeness (QED) is 0.891. The molecule has 2 aromatic carbocycles. The zero-order valence-electron chi connectivity index (χ0n) is 13.0. The number of ether oxygens (including phenoxy) is 1. The number of hydrogen-bond donors (Lipinski definition) is 1. The fourth-order valence-electron chi connectivity index (χ4n) is 2.60. The third-order valence-corrected chi connectivity index (χ3v) is 3.74. The van der Waals surface area contributed by atoms with E-state index in [1.54, 1.807) is 13.2 Å². The van der Waals surface area contributed by atoms with Gasteiger partial charge in [-0.1, -0.05) is 29.4 Å². The smallest absolute Gasteiger partial charge is 0.145 e. The molecule has 0 saturated heterocycles. The highest BCUT2D eigenvalue weighted by molar-refractivity contribution is 6.03. The van der Waals surface area contributed by atoms with Crippen molar-refractivity contribution in [1.82, 2.24) is 5.32 Å². The minimum Gasteiger partial charge on any atom is -0.496 e. The lowest BCUT2D eigenvalue weighted by atomic mass is 10.0. The number of rotatable bonds is 6. The first kappa shape index (κ1) is 15.5. The third-order valence-electron chi connectivity index (χ3n) is 3.74. The molecule has 0 fully saturated rings. The van der Waals surface area contributed by atoms with E-state index < -0.39 is 0 Å². The van der Waals surface area contributed by atoms with Crippen LogP contribution in [0.25, 0.3) is 0 Å². The maximum atomic E-state index is 13.1. The number of oxime groups is 1. The summed E-state index contributed by atoms with van der Waals surface area (Å²) in [5.41, 5.74) is 2.76. The van der Waals surface area contributed by atoms with E-state index in [0.29, 0.717) is 13.1 Å². The Labute approximate surface area is 134 Å². The molecular weight excluding hydrogens is 295 g/mol. The van der Waals surface area contributed by atoms with Crippen molar-refractivity contribution in [2.75, 3.05) is 13.7 Å². The molecule has 0 spiro atoms. The number of halogens is 1. The molecule has 1 aliphatic heterocycles. The number of nitrogens with one attached hydrogen (secondary N) is 1. The highest BCUT2D eigenvalue weighted by atomic mass is 19.1. The Kier molecular flexibility index (Phi) is 4.88. The van der Waals surface area contributed by atoms with Gasteiger partial charge in [0.15, 0.2) is 0 Å². The van der Waals surface area contributed by atoms with Crippen LogP contribution in [0.5, 0.6) is 5.75 Å². The second-order valence-corrected chi connectivity index (χ2v) is 5.43. The Balaban J connectivity index is 1.51. The van der Waals surface area contributed by atoms with Gasteiger partial charge < -0.3 is 14.9 Å². The zero-order chi connectivity index (χ0) is 16.1. The van der Waals surface area contributed by atoms with E-state index in [1.165, 1.54) is 12.1 Å². The standard InChI is InChI=1S/C18H19FN2O2/c1-22-18-8-3-2-7-16(18)17-10-15(23-21-17)12-20-11-13-5-4-6-14(19)9-13/h2-9,15,20H,10-12H2,1H3. The van der Waals surface area contributed by atoms with E-state index >= 15 is 0 Å². The highest BCUT2D eigenvalue weighted by Gasteiger charge is 2.23. The monoisotopic (exact) mass is 314 g/mol. The molecule has 1 heterocycles. The summed E-state index contributed by atoms with van der Waals surface area (Å²) in [6.45, 7) is 1.25. The summed E-state index contributed by atoms with van der Waals surface area (Å²) >= 11 is 0. The molecule has 0 bridgehead atoms. The van der Waals surface area contributed by atoms with Gasteiger partial charge in [0.25, 0.3) is 0 Å². The minimum absolute atomic E-state index is 0.0246. The summed E-state index contributed by atoms with van der Waals surface area (Å²) in [5.74, 6) is 0.575. The Morgan fingerprint density at radius 2 is 2.13 bits per heavy atom. The van der Waals surface area contributed by atoms with Gasteiger partial charge in [0.2, 0.25) is 0 Å². The van der Waals surface area contributed by atoms with E-state index in [0.717, 1.165) is 29.0 Å². The van der Waals surface area contributed by atoms with Gasteiger partial charge >= 0.3 is 0 Å². The molecule has 1 unspecified atom stereocenters. The second-order valence-electron chi connectivity index (χ2n) is 5.43. The minimum atomic E-state index is -0.219. The van der Waals surface area contributed by atoms with Crippen molar-refractivity contribution < 1.29 is 14.0 Å². The largest absolute Gasteiger partial charge is 0.496 e. The first-order valence-electron chi connectivity index (χ1n) is 7.57. The molecule has 23 heavy (non-hydrogen) atoms. The van der Waals surface area contributed by atoms with E-state index in [1.807, 2.05) is 30.3 Å². The molecule has 0 aromatic heterocycles. The number of methoxy groups -OCH3 is 1. The summed E-state index contributed by atoms with van der Waals surface area (Å²) in [6, 6.07) is 14.3. The number of benzene rings is 2. The van der Waals surface area contributed by atoms with Crippen LogP contribution >= 0.6 is 0 Å². The predicted octanol–water partition coefficient (Wildman–Crippen LogP) is 3.12. The SMILES string of the molecule is COc1ccccc1C1=NOC(CNCc2cccc(F)c2)C1. The van der Waals surface area contributed by atoms with Crippen LogP contribution < -0.4 is 10.1 Å². The van der Waals surface area contributed by atoms with Crippen LogP contribution in [0.3, 0.4) is 0 Å². The average Bonchev–Trinajstić information content (AvgIpc) is 3.03. The molecule has 1 aliphatic rings. The van der Waals surface area contributed by atoms with Crippen molar-refractivity contribution >= 4 is 5.71 Å². The topological polar surface area (TPSA) is 42.9 Å². The van der Waals surface area contributed by atoms with Crippen LogP contribution in [-0.2, 0) is 11.4 Å². The van der Waals surface area contributed by atoms with Gasteiger partial charge in [0, 0.05) is 25.1 Å². The lowest BCUT2D eigenvalue weighted by molar-refractivity contribution is 0.0848. The summed E-state index contributed by atoms with van der Waals surface area (Å²) in [5, 5.41) is 7.45. The Hall–Kier alpha value is -2.40. The number of para-hydroxylation sites is 1. The molecular formula is C18H19FN2O2. The normalized spacial score (nSPS) is 16.8. The van der Waals surface area contributed by atoms with Gasteiger partial charge in [-0.15, -0.1) is 0 Å². The van der Waals surface area contributed by atoms with Gasteiger partial charge in [-0.25, -0.2) is 4.39 Å². The summed E-state index contributed by atoms with van der Waals surface area (Å²) in [6.07, 6.45) is 0.694. The van der Waals surface area contributed by atoms with Crippen molar-refractivity contribution in [3.05, 3.63) is 65.5 Å². The van der Waals surface area contributed by atoms with Crippen LogP contribution in [0.15, 0.2) is 53.7 Å². The average molecular weight is 314 g/mol. The molecule has 5 heteroatoms. The second kappa shape index (κ2) is 7.24. The molecule has 4 nitrogen and oxygen atoms in total. The van der Waals surface area contributed by atoms with E-state index in [4.69, 9.17) is 9.57 Å². The van der Waals surface area contributed by atoms with E-state index in [2.05, 4.69) is 10.5 Å². The lowest BCUT2D eigenvalue weighted by Gasteiger charge is -2.10. The van der Waals surface area contributed by atoms with Crippen LogP contribution in [0.1, 0.15) is 17.5 Å². The molecule has 0 radical (unpaired) electrons. The van der Waals surface area contributed by atoms with Crippen LogP contribution in [0.4, 0.5) is 4.39 Å². The van der Waals surface area contributed by atoms with Crippen molar-refractivity contribution in [2.45, 2.75) is 19.1 Å². The van der Waals surface area contributed by atoms with Gasteiger partial charge in [0.1, 0.15) is 17.7 Å². The molecule has 3 rings (SSSR count). The number of hydrogen-bond acceptors (Lipinski definition) is 4. The van der Waals surface area contributed by atoms with Crippen LogP contribution in [0, 0.1) is 5.82 Å². The molecule has 0 saturated carbocycles. The summed E-state index contributed by atoms with van der Waals surface area (Å²) in [7, 11) is 1.65. The van der Waals surface area contributed by atoms with E-state index in [-0.39, 0.29) is 11.9 Å². The molecule has 0 aliphatic carbocycles. The first-order chi connectivity index (χ1) is 11.3.